The van der Waals surface area contributed by atoms with Crippen LogP contribution in [0.15, 0.2) is 0 Å². The minimum absolute atomic E-state index is 0.0642. The summed E-state index contributed by atoms with van der Waals surface area (Å²) in [6.45, 7) is 8.32. The van der Waals surface area contributed by atoms with Gasteiger partial charge in [0.25, 0.3) is 0 Å². The van der Waals surface area contributed by atoms with E-state index in [0.717, 1.165) is 58.5 Å². The van der Waals surface area contributed by atoms with E-state index in [1.165, 1.54) is 0 Å². The number of carbonyl (C=O) groups excluding carboxylic acids is 1. The van der Waals surface area contributed by atoms with Gasteiger partial charge in [0, 0.05) is 24.9 Å². The average molecular weight is 382 g/mol. The second kappa shape index (κ2) is 8.71. The third kappa shape index (κ3) is 4.63. The lowest BCUT2D eigenvalue weighted by atomic mass is 9.91. The van der Waals surface area contributed by atoms with Crippen LogP contribution in [0.4, 0.5) is 0 Å². The Balaban J connectivity index is 1.22. The lowest BCUT2D eigenvalue weighted by Gasteiger charge is -2.38. The first-order chi connectivity index (χ1) is 13.1. The highest BCUT2D eigenvalue weighted by molar-refractivity contribution is 5.78. The van der Waals surface area contributed by atoms with Crippen LogP contribution < -0.4 is 21.4 Å². The molecule has 154 valence electrons. The van der Waals surface area contributed by atoms with Gasteiger partial charge in [-0.15, -0.1) is 0 Å². The van der Waals surface area contributed by atoms with Crippen LogP contribution >= 0.6 is 0 Å². The number of likely N-dealkylation sites (tertiary alicyclic amines) is 1. The Labute approximate surface area is 162 Å². The molecule has 0 saturated carbocycles. The van der Waals surface area contributed by atoms with E-state index in [4.69, 9.17) is 9.57 Å². The number of carbonyl (C=O) groups is 1. The fourth-order valence-electron chi connectivity index (χ4n) is 4.64. The number of nitrogens with zero attached hydrogens (tertiary/aromatic N) is 1. The minimum atomic E-state index is 0.0642. The number of ether oxygens (including phenoxy) is 1. The number of piperidine rings is 2. The summed E-state index contributed by atoms with van der Waals surface area (Å²) in [6, 6.07) is 0.489. The van der Waals surface area contributed by atoms with Crippen LogP contribution in [0.1, 0.15) is 39.5 Å². The molecule has 1 amide bonds. The summed E-state index contributed by atoms with van der Waals surface area (Å²) in [5, 5.41) is 10.9. The van der Waals surface area contributed by atoms with Gasteiger partial charge in [-0.2, -0.15) is 5.48 Å². The molecule has 0 aliphatic carbocycles. The van der Waals surface area contributed by atoms with Crippen molar-refractivity contribution in [1.82, 2.24) is 26.3 Å². The fourth-order valence-corrected chi connectivity index (χ4v) is 4.64. The Morgan fingerprint density at radius 2 is 1.93 bits per heavy atom. The predicted molar refractivity (Wildman–Crippen MR) is 101 cm³/mol. The molecule has 4 aliphatic rings. The molecule has 0 aromatic carbocycles. The van der Waals surface area contributed by atoms with Crippen molar-refractivity contribution in [2.45, 2.75) is 64.1 Å². The zero-order valence-electron chi connectivity index (χ0n) is 16.6. The summed E-state index contributed by atoms with van der Waals surface area (Å²) in [7, 11) is 0. The molecule has 4 N–H and O–H groups in total. The molecule has 4 aliphatic heterocycles. The standard InChI is InChI=1S/C19H35N5O3/c1-12(2)19(25)24-7-4-13(5-8-24)17-22-18(27-23-17)14-3-6-20-16(9-14)21-15-10-26-11-15/h12-18,20-23H,3-11H2,1-2H3. The number of hydroxylamine groups is 1. The summed E-state index contributed by atoms with van der Waals surface area (Å²) in [6.07, 6.45) is 4.82. The van der Waals surface area contributed by atoms with E-state index in [9.17, 15) is 4.79 Å². The molecule has 8 heteroatoms. The average Bonchev–Trinajstić information content (AvgIpc) is 3.15. The van der Waals surface area contributed by atoms with Gasteiger partial charge in [0.15, 0.2) is 0 Å². The summed E-state index contributed by atoms with van der Waals surface area (Å²) >= 11 is 0. The van der Waals surface area contributed by atoms with Crippen molar-refractivity contribution in [1.29, 1.82) is 0 Å². The number of rotatable bonds is 5. The van der Waals surface area contributed by atoms with Crippen molar-refractivity contribution < 1.29 is 14.4 Å². The van der Waals surface area contributed by atoms with E-state index in [1.54, 1.807) is 0 Å². The van der Waals surface area contributed by atoms with E-state index in [1.807, 2.05) is 18.7 Å². The van der Waals surface area contributed by atoms with Gasteiger partial charge in [0.1, 0.15) is 6.23 Å². The summed E-state index contributed by atoms with van der Waals surface area (Å²) in [5.41, 5.74) is 3.24. The van der Waals surface area contributed by atoms with Gasteiger partial charge in [-0.25, -0.2) is 0 Å². The van der Waals surface area contributed by atoms with E-state index in [2.05, 4.69) is 21.4 Å². The number of hydrogen-bond acceptors (Lipinski definition) is 7. The van der Waals surface area contributed by atoms with Crippen molar-refractivity contribution in [3.05, 3.63) is 0 Å². The quantitative estimate of drug-likeness (QED) is 0.532. The maximum absolute atomic E-state index is 12.2. The van der Waals surface area contributed by atoms with Crippen molar-refractivity contribution in [2.75, 3.05) is 32.8 Å². The molecule has 0 aromatic heterocycles. The highest BCUT2D eigenvalue weighted by Gasteiger charge is 2.39. The zero-order valence-corrected chi connectivity index (χ0v) is 16.6. The highest BCUT2D eigenvalue weighted by Crippen LogP contribution is 2.27. The van der Waals surface area contributed by atoms with Gasteiger partial charge < -0.3 is 15.0 Å². The molecule has 0 bridgehead atoms. The Hall–Kier alpha value is -0.770. The number of amides is 1. The van der Waals surface area contributed by atoms with E-state index >= 15 is 0 Å². The van der Waals surface area contributed by atoms with Gasteiger partial charge in [-0.1, -0.05) is 13.8 Å². The van der Waals surface area contributed by atoms with Crippen LogP contribution in [-0.4, -0.2) is 68.3 Å². The third-order valence-corrected chi connectivity index (χ3v) is 6.43. The van der Waals surface area contributed by atoms with Gasteiger partial charge in [0.05, 0.1) is 31.6 Å². The Morgan fingerprint density at radius 3 is 2.59 bits per heavy atom. The van der Waals surface area contributed by atoms with Crippen molar-refractivity contribution >= 4 is 5.91 Å². The SMILES string of the molecule is CC(C)C(=O)N1CCC(C2NOC(C3CCNC(NC4COC4)C3)N2)CC1. The zero-order chi connectivity index (χ0) is 18.8. The fraction of sp³-hybridized carbons (Fsp3) is 0.947. The first-order valence-corrected chi connectivity index (χ1v) is 10.6. The maximum Gasteiger partial charge on any atom is 0.225 e. The summed E-state index contributed by atoms with van der Waals surface area (Å²) in [4.78, 5) is 20.1. The van der Waals surface area contributed by atoms with Crippen LogP contribution in [0.3, 0.4) is 0 Å². The van der Waals surface area contributed by atoms with Crippen LogP contribution in [0.2, 0.25) is 0 Å². The molecule has 0 radical (unpaired) electrons. The molecular formula is C19H35N5O3. The molecule has 4 unspecified atom stereocenters. The minimum Gasteiger partial charge on any atom is -0.378 e. The Kier molecular flexibility index (Phi) is 6.31. The maximum atomic E-state index is 12.2. The van der Waals surface area contributed by atoms with E-state index in [0.29, 0.717) is 24.0 Å². The molecule has 4 rings (SSSR count). The molecule has 0 aromatic rings. The third-order valence-electron chi connectivity index (χ3n) is 6.43. The largest absolute Gasteiger partial charge is 0.378 e. The molecular weight excluding hydrogens is 346 g/mol. The van der Waals surface area contributed by atoms with Crippen LogP contribution in [0, 0.1) is 17.8 Å². The molecule has 4 fully saturated rings. The summed E-state index contributed by atoms with van der Waals surface area (Å²) in [5.74, 6) is 1.36. The second-order valence-corrected chi connectivity index (χ2v) is 8.81. The smallest absolute Gasteiger partial charge is 0.225 e. The summed E-state index contributed by atoms with van der Waals surface area (Å²) < 4.78 is 5.26. The van der Waals surface area contributed by atoms with Gasteiger partial charge in [0.2, 0.25) is 5.91 Å². The highest BCUT2D eigenvalue weighted by atomic mass is 16.7. The second-order valence-electron chi connectivity index (χ2n) is 8.81. The molecule has 0 spiro atoms. The van der Waals surface area contributed by atoms with Crippen molar-refractivity contribution in [3.8, 4) is 0 Å². The molecule has 4 atom stereocenters. The lowest BCUT2D eigenvalue weighted by Crippen LogP contribution is -2.58. The van der Waals surface area contributed by atoms with Crippen LogP contribution in [-0.2, 0) is 14.4 Å². The monoisotopic (exact) mass is 381 g/mol. The first-order valence-electron chi connectivity index (χ1n) is 10.6. The van der Waals surface area contributed by atoms with E-state index < -0.39 is 0 Å². The van der Waals surface area contributed by atoms with Gasteiger partial charge in [-0.05, 0) is 38.1 Å². The van der Waals surface area contributed by atoms with Crippen molar-refractivity contribution in [2.24, 2.45) is 17.8 Å². The number of hydrogen-bond donors (Lipinski definition) is 4. The Bertz CT molecular complexity index is 508. The molecule has 27 heavy (non-hydrogen) atoms. The molecule has 4 heterocycles. The van der Waals surface area contributed by atoms with Crippen LogP contribution in [0.5, 0.6) is 0 Å². The topological polar surface area (TPSA) is 86.9 Å². The van der Waals surface area contributed by atoms with Gasteiger partial charge >= 0.3 is 0 Å². The van der Waals surface area contributed by atoms with Crippen LogP contribution in [0.25, 0.3) is 0 Å². The number of nitrogens with one attached hydrogen (secondary N) is 4. The predicted octanol–water partition coefficient (Wildman–Crippen LogP) is -0.0283. The molecule has 4 saturated heterocycles. The van der Waals surface area contributed by atoms with E-state index in [-0.39, 0.29) is 24.2 Å². The lowest BCUT2D eigenvalue weighted by molar-refractivity contribution is -0.136. The first kappa shape index (κ1) is 19.5. The molecule has 8 nitrogen and oxygen atoms in total. The van der Waals surface area contributed by atoms with Crippen molar-refractivity contribution in [3.63, 3.8) is 0 Å². The Morgan fingerprint density at radius 1 is 1.15 bits per heavy atom. The van der Waals surface area contributed by atoms with Gasteiger partial charge in [-0.3, -0.25) is 20.3 Å². The normalized spacial score (nSPS) is 36.2.